The molecule has 4 rings (SSSR count). The Hall–Kier alpha value is -1.31. The Morgan fingerprint density at radius 1 is 1.07 bits per heavy atom. The minimum atomic E-state index is -3.62. The lowest BCUT2D eigenvalue weighted by Gasteiger charge is -2.36. The number of sulfone groups is 1. The maximum absolute atomic E-state index is 12.9. The van der Waals surface area contributed by atoms with Gasteiger partial charge in [0.25, 0.3) is 0 Å². The van der Waals surface area contributed by atoms with Crippen LogP contribution >= 0.6 is 11.6 Å². The normalized spacial score (nSPS) is 27.1. The minimum absolute atomic E-state index is 0.126. The second-order valence-corrected chi connectivity index (χ2v) is 10.5. The second kappa shape index (κ2) is 7.26. The van der Waals surface area contributed by atoms with Gasteiger partial charge in [-0.1, -0.05) is 11.6 Å². The van der Waals surface area contributed by atoms with Crippen LogP contribution in [0.25, 0.3) is 0 Å². The lowest BCUT2D eigenvalue weighted by Crippen LogP contribution is -2.47. The number of nitrogens with zero attached hydrogens (tertiary/aromatic N) is 2. The van der Waals surface area contributed by atoms with Crippen LogP contribution in [0.1, 0.15) is 32.1 Å². The molecule has 3 fully saturated rings. The molecule has 0 spiro atoms. The van der Waals surface area contributed by atoms with Gasteiger partial charge in [0.1, 0.15) is 0 Å². The first-order valence-corrected chi connectivity index (χ1v) is 11.5. The molecule has 2 saturated carbocycles. The largest absolute Gasteiger partial charge is 0.481 e. The summed E-state index contributed by atoms with van der Waals surface area (Å²) >= 11 is 6.37. The summed E-state index contributed by atoms with van der Waals surface area (Å²) in [6.07, 6.45) is 3.56. The van der Waals surface area contributed by atoms with E-state index in [4.69, 9.17) is 16.7 Å². The van der Waals surface area contributed by atoms with Crippen LogP contribution in [0.5, 0.6) is 0 Å². The van der Waals surface area contributed by atoms with Crippen LogP contribution in [0, 0.1) is 5.92 Å². The third-order valence-electron chi connectivity index (χ3n) is 6.14. The van der Waals surface area contributed by atoms with Gasteiger partial charge in [-0.25, -0.2) is 8.42 Å². The number of hydrogen-bond acceptors (Lipinski definition) is 5. The molecular weight excluding hydrogens is 388 g/mol. The standard InChI is InChI=1S/C19H25ClN2O4S/c20-17-12-15(22-9-7-21(8-10-22)14-2-3-14)4-6-18(17)27(25,26)16-5-1-13(11-16)19(23)24/h4,6,12-14,16H,1-3,5,7-11H2,(H,23,24)/t13-,16-/m0/s1. The molecule has 27 heavy (non-hydrogen) atoms. The highest BCUT2D eigenvalue weighted by molar-refractivity contribution is 7.92. The summed E-state index contributed by atoms with van der Waals surface area (Å²) in [5, 5.41) is 8.70. The second-order valence-electron chi connectivity index (χ2n) is 7.88. The molecule has 0 bridgehead atoms. The van der Waals surface area contributed by atoms with Gasteiger partial charge in [0, 0.05) is 37.9 Å². The summed E-state index contributed by atoms with van der Waals surface area (Å²) in [6, 6.07) is 5.93. The SMILES string of the molecule is O=C(O)[C@H]1CC[C@H](S(=O)(=O)c2ccc(N3CCN(C4CC4)CC3)cc2Cl)C1. The molecule has 148 valence electrons. The molecule has 6 nitrogen and oxygen atoms in total. The van der Waals surface area contributed by atoms with E-state index in [2.05, 4.69) is 9.80 Å². The smallest absolute Gasteiger partial charge is 0.306 e. The van der Waals surface area contributed by atoms with Crippen LogP contribution in [0.15, 0.2) is 23.1 Å². The van der Waals surface area contributed by atoms with Crippen LogP contribution in [0.4, 0.5) is 5.69 Å². The Balaban J connectivity index is 1.47. The first-order valence-electron chi connectivity index (χ1n) is 9.61. The number of aliphatic carboxylic acids is 1. The lowest BCUT2D eigenvalue weighted by molar-refractivity contribution is -0.141. The fourth-order valence-electron chi connectivity index (χ4n) is 4.33. The summed E-state index contributed by atoms with van der Waals surface area (Å²) in [4.78, 5) is 16.0. The zero-order chi connectivity index (χ0) is 19.2. The zero-order valence-corrected chi connectivity index (χ0v) is 16.8. The highest BCUT2D eigenvalue weighted by atomic mass is 35.5. The van der Waals surface area contributed by atoms with Gasteiger partial charge in [0.2, 0.25) is 0 Å². The third-order valence-corrected chi connectivity index (χ3v) is 8.84. The molecule has 0 unspecified atom stereocenters. The van der Waals surface area contributed by atoms with Crippen LogP contribution in [-0.4, -0.2) is 61.9 Å². The van der Waals surface area contributed by atoms with Crippen molar-refractivity contribution in [3.8, 4) is 0 Å². The van der Waals surface area contributed by atoms with Crippen molar-refractivity contribution < 1.29 is 18.3 Å². The van der Waals surface area contributed by atoms with Crippen molar-refractivity contribution in [2.24, 2.45) is 5.92 Å². The van der Waals surface area contributed by atoms with E-state index >= 15 is 0 Å². The number of piperazine rings is 1. The molecule has 1 aromatic carbocycles. The summed E-state index contributed by atoms with van der Waals surface area (Å²) in [5.74, 6) is -1.50. The van der Waals surface area contributed by atoms with Crippen LogP contribution < -0.4 is 4.90 Å². The molecule has 0 radical (unpaired) electrons. The fraction of sp³-hybridized carbons (Fsp3) is 0.632. The maximum atomic E-state index is 12.9. The molecule has 1 N–H and O–H groups in total. The van der Waals surface area contributed by atoms with Crippen molar-refractivity contribution in [2.45, 2.75) is 48.3 Å². The van der Waals surface area contributed by atoms with Crippen molar-refractivity contribution in [3.05, 3.63) is 23.2 Å². The van der Waals surface area contributed by atoms with Crippen molar-refractivity contribution in [2.75, 3.05) is 31.1 Å². The number of rotatable bonds is 5. The van der Waals surface area contributed by atoms with Gasteiger partial charge >= 0.3 is 5.97 Å². The van der Waals surface area contributed by atoms with Crippen LogP contribution in [0.3, 0.4) is 0 Å². The zero-order valence-electron chi connectivity index (χ0n) is 15.2. The van der Waals surface area contributed by atoms with E-state index in [1.54, 1.807) is 12.1 Å². The predicted octanol–water partition coefficient (Wildman–Crippen LogP) is 2.65. The Morgan fingerprint density at radius 3 is 2.33 bits per heavy atom. The lowest BCUT2D eigenvalue weighted by atomic mass is 10.1. The molecule has 0 amide bonds. The summed E-state index contributed by atoms with van der Waals surface area (Å²) in [7, 11) is -3.62. The van der Waals surface area contributed by atoms with E-state index in [1.165, 1.54) is 12.8 Å². The van der Waals surface area contributed by atoms with Gasteiger partial charge < -0.3 is 10.0 Å². The average molecular weight is 413 g/mol. The summed E-state index contributed by atoms with van der Waals surface area (Å²) in [6.45, 7) is 3.89. The van der Waals surface area contributed by atoms with Gasteiger partial charge in [-0.15, -0.1) is 0 Å². The fourth-order valence-corrected chi connectivity index (χ4v) is 6.70. The molecule has 2 atom stereocenters. The molecule has 1 aromatic rings. The van der Waals surface area contributed by atoms with Gasteiger partial charge in [0.15, 0.2) is 9.84 Å². The minimum Gasteiger partial charge on any atom is -0.481 e. The predicted molar refractivity (Wildman–Crippen MR) is 104 cm³/mol. The molecule has 1 heterocycles. The van der Waals surface area contributed by atoms with E-state index < -0.39 is 27.0 Å². The van der Waals surface area contributed by atoms with E-state index in [1.807, 2.05) is 6.07 Å². The van der Waals surface area contributed by atoms with Gasteiger partial charge in [-0.3, -0.25) is 9.69 Å². The van der Waals surface area contributed by atoms with Gasteiger partial charge in [-0.2, -0.15) is 0 Å². The van der Waals surface area contributed by atoms with E-state index in [-0.39, 0.29) is 16.3 Å². The van der Waals surface area contributed by atoms with Crippen molar-refractivity contribution in [1.29, 1.82) is 0 Å². The number of halogens is 1. The number of carboxylic acids is 1. The average Bonchev–Trinajstić information content (AvgIpc) is 3.36. The summed E-state index contributed by atoms with van der Waals surface area (Å²) < 4.78 is 25.9. The molecular formula is C19H25ClN2O4S. The highest BCUT2D eigenvalue weighted by Crippen LogP contribution is 2.37. The first-order chi connectivity index (χ1) is 12.9. The van der Waals surface area contributed by atoms with E-state index in [0.717, 1.165) is 37.9 Å². The van der Waals surface area contributed by atoms with Gasteiger partial charge in [0.05, 0.1) is 21.1 Å². The van der Waals surface area contributed by atoms with Crippen molar-refractivity contribution >= 4 is 33.1 Å². The highest BCUT2D eigenvalue weighted by Gasteiger charge is 2.39. The number of anilines is 1. The molecule has 8 heteroatoms. The Bertz CT molecular complexity index is 832. The first kappa shape index (κ1) is 19.0. The number of benzene rings is 1. The molecule has 3 aliphatic rings. The van der Waals surface area contributed by atoms with E-state index in [9.17, 15) is 13.2 Å². The number of hydrogen-bond donors (Lipinski definition) is 1. The Morgan fingerprint density at radius 2 is 1.78 bits per heavy atom. The van der Waals surface area contributed by atoms with Crippen LogP contribution in [0.2, 0.25) is 5.02 Å². The molecule has 2 aliphatic carbocycles. The maximum Gasteiger partial charge on any atom is 0.306 e. The monoisotopic (exact) mass is 412 g/mol. The molecule has 0 aromatic heterocycles. The van der Waals surface area contributed by atoms with Crippen molar-refractivity contribution in [1.82, 2.24) is 4.90 Å². The summed E-state index contributed by atoms with van der Waals surface area (Å²) in [5.41, 5.74) is 0.948. The molecule has 1 aliphatic heterocycles. The van der Waals surface area contributed by atoms with E-state index in [0.29, 0.717) is 12.8 Å². The molecule has 1 saturated heterocycles. The van der Waals surface area contributed by atoms with Crippen molar-refractivity contribution in [3.63, 3.8) is 0 Å². The van der Waals surface area contributed by atoms with Crippen LogP contribution in [-0.2, 0) is 14.6 Å². The van der Waals surface area contributed by atoms with Gasteiger partial charge in [-0.05, 0) is 50.3 Å². The topological polar surface area (TPSA) is 77.9 Å². The Kier molecular flexibility index (Phi) is 5.12. The number of carboxylic acid groups (broad SMARTS) is 1. The quantitative estimate of drug-likeness (QED) is 0.801. The number of carbonyl (C=O) groups is 1. The third kappa shape index (κ3) is 3.82. The Labute approximate surface area is 165 Å².